The first-order chi connectivity index (χ1) is 5.34. The first-order valence-electron chi connectivity index (χ1n) is 3.17. The van der Waals surface area contributed by atoms with Gasteiger partial charge in [0.05, 0.1) is 5.56 Å². The quantitative estimate of drug-likeness (QED) is 0.525. The molecule has 0 nitrogen and oxygen atoms in total. The summed E-state index contributed by atoms with van der Waals surface area (Å²) in [5.74, 6) is 6.75. The molecule has 0 bridgehead atoms. The molecule has 11 heavy (non-hydrogen) atoms. The number of hydrogen-bond donors (Lipinski definition) is 1. The van der Waals surface area contributed by atoms with Gasteiger partial charge in [0.2, 0.25) is 0 Å². The second-order valence-corrected chi connectivity index (χ2v) is 3.85. The Hall–Kier alpha value is -0.100. The fourth-order valence-electron chi connectivity index (χ4n) is 0.595. The molecule has 0 unspecified atom stereocenters. The first kappa shape index (κ1) is 8.99. The molecule has 0 saturated heterocycles. The minimum absolute atomic E-state index is 0.775. The van der Waals surface area contributed by atoms with E-state index in [0.29, 0.717) is 0 Å². The van der Waals surface area contributed by atoms with E-state index in [2.05, 4.69) is 24.5 Å². The highest BCUT2D eigenvalue weighted by atomic mass is 35.5. The molecule has 1 aromatic rings. The average molecular weight is 203 g/mol. The van der Waals surface area contributed by atoms with Crippen molar-refractivity contribution in [3.8, 4) is 11.8 Å². The highest BCUT2D eigenvalue weighted by Crippen LogP contribution is 2.21. The van der Waals surface area contributed by atoms with Gasteiger partial charge in [-0.05, 0) is 11.4 Å². The van der Waals surface area contributed by atoms with Crippen LogP contribution in [0.1, 0.15) is 12.0 Å². The van der Waals surface area contributed by atoms with Crippen LogP contribution < -0.4 is 0 Å². The Morgan fingerprint density at radius 2 is 2.45 bits per heavy atom. The second kappa shape index (κ2) is 4.71. The third kappa shape index (κ3) is 2.78. The lowest BCUT2D eigenvalue weighted by Gasteiger charge is -1.81. The zero-order valence-electron chi connectivity index (χ0n) is 5.80. The minimum atomic E-state index is 0.775. The molecule has 0 aliphatic carbocycles. The summed E-state index contributed by atoms with van der Waals surface area (Å²) in [7, 11) is 0. The average Bonchev–Trinajstić information content (AvgIpc) is 2.37. The summed E-state index contributed by atoms with van der Waals surface area (Å²) in [6, 6.07) is 1.93. The molecular formula is C8H7ClS2. The molecule has 0 fully saturated rings. The van der Waals surface area contributed by atoms with Crippen LogP contribution >= 0.6 is 35.6 Å². The topological polar surface area (TPSA) is 0 Å². The Bertz CT molecular complexity index is 280. The van der Waals surface area contributed by atoms with Gasteiger partial charge in [-0.2, -0.15) is 12.6 Å². The molecule has 0 N–H and O–H groups in total. The molecule has 0 spiro atoms. The van der Waals surface area contributed by atoms with Crippen molar-refractivity contribution in [1.82, 2.24) is 0 Å². The lowest BCUT2D eigenvalue weighted by atomic mass is 10.3. The zero-order valence-corrected chi connectivity index (χ0v) is 8.27. The van der Waals surface area contributed by atoms with Crippen molar-refractivity contribution in [3.05, 3.63) is 21.3 Å². The third-order valence-electron chi connectivity index (χ3n) is 1.08. The Balaban J connectivity index is 2.65. The van der Waals surface area contributed by atoms with Gasteiger partial charge >= 0.3 is 0 Å². The molecule has 58 valence electrons. The Labute approximate surface area is 81.0 Å². The van der Waals surface area contributed by atoms with Gasteiger partial charge in [-0.1, -0.05) is 23.4 Å². The van der Waals surface area contributed by atoms with Crippen molar-refractivity contribution >= 4 is 35.6 Å². The molecule has 0 aromatic carbocycles. The predicted octanol–water partition coefficient (Wildman–Crippen LogP) is 3.07. The van der Waals surface area contributed by atoms with Crippen molar-refractivity contribution in [1.29, 1.82) is 0 Å². The van der Waals surface area contributed by atoms with E-state index >= 15 is 0 Å². The Morgan fingerprint density at radius 3 is 3.00 bits per heavy atom. The van der Waals surface area contributed by atoms with E-state index in [9.17, 15) is 0 Å². The molecule has 0 aliphatic rings. The van der Waals surface area contributed by atoms with E-state index in [0.717, 1.165) is 22.1 Å². The van der Waals surface area contributed by atoms with Crippen molar-refractivity contribution in [2.45, 2.75) is 6.42 Å². The van der Waals surface area contributed by atoms with Crippen molar-refractivity contribution in [2.24, 2.45) is 0 Å². The van der Waals surface area contributed by atoms with Gasteiger partial charge in [0.25, 0.3) is 0 Å². The van der Waals surface area contributed by atoms with E-state index in [-0.39, 0.29) is 0 Å². The van der Waals surface area contributed by atoms with Crippen LogP contribution in [-0.2, 0) is 0 Å². The molecule has 0 atom stereocenters. The van der Waals surface area contributed by atoms with E-state index in [1.807, 2.05) is 11.4 Å². The summed E-state index contributed by atoms with van der Waals surface area (Å²) in [6.07, 6.45) is 0.815. The SMILES string of the molecule is SCCC#Cc1ccsc1Cl. The van der Waals surface area contributed by atoms with Crippen molar-refractivity contribution < 1.29 is 0 Å². The maximum Gasteiger partial charge on any atom is 0.108 e. The number of rotatable bonds is 1. The molecule has 3 heteroatoms. The molecule has 0 amide bonds. The molecule has 0 saturated carbocycles. The molecule has 0 radical (unpaired) electrons. The van der Waals surface area contributed by atoms with Crippen molar-refractivity contribution in [2.75, 3.05) is 5.75 Å². The van der Waals surface area contributed by atoms with Crippen LogP contribution in [0.3, 0.4) is 0 Å². The van der Waals surface area contributed by atoms with Gasteiger partial charge in [-0.3, -0.25) is 0 Å². The summed E-state index contributed by atoms with van der Waals surface area (Å²) in [5, 5.41) is 1.94. The van der Waals surface area contributed by atoms with Crippen LogP contribution in [0.5, 0.6) is 0 Å². The molecular weight excluding hydrogens is 196 g/mol. The lowest BCUT2D eigenvalue weighted by Crippen LogP contribution is -1.69. The van der Waals surface area contributed by atoms with E-state index in [1.165, 1.54) is 11.3 Å². The van der Waals surface area contributed by atoms with E-state index in [1.54, 1.807) is 0 Å². The van der Waals surface area contributed by atoms with Gasteiger partial charge in [0.1, 0.15) is 4.34 Å². The minimum Gasteiger partial charge on any atom is -0.178 e. The maximum atomic E-state index is 5.82. The first-order valence-corrected chi connectivity index (χ1v) is 5.06. The molecule has 1 aromatic heterocycles. The summed E-state index contributed by atoms with van der Waals surface area (Å²) in [6.45, 7) is 0. The fraction of sp³-hybridized carbons (Fsp3) is 0.250. The zero-order chi connectivity index (χ0) is 8.10. The van der Waals surface area contributed by atoms with Gasteiger partial charge in [-0.25, -0.2) is 0 Å². The normalized spacial score (nSPS) is 8.91. The smallest absolute Gasteiger partial charge is 0.108 e. The number of hydrogen-bond acceptors (Lipinski definition) is 2. The molecule has 1 rings (SSSR count). The standard InChI is InChI=1S/C8H7ClS2/c9-8-7(4-6-11-8)3-1-2-5-10/h4,6,10H,2,5H2. The van der Waals surface area contributed by atoms with Gasteiger partial charge in [0.15, 0.2) is 0 Å². The predicted molar refractivity (Wildman–Crippen MR) is 54.7 cm³/mol. The van der Waals surface area contributed by atoms with Crippen LogP contribution in [0.15, 0.2) is 11.4 Å². The lowest BCUT2D eigenvalue weighted by molar-refractivity contribution is 1.31. The Kier molecular flexibility index (Phi) is 3.85. The highest BCUT2D eigenvalue weighted by molar-refractivity contribution is 7.80. The summed E-state index contributed by atoms with van der Waals surface area (Å²) >= 11 is 11.4. The van der Waals surface area contributed by atoms with E-state index < -0.39 is 0 Å². The monoisotopic (exact) mass is 202 g/mol. The number of thiol groups is 1. The summed E-state index contributed by atoms with van der Waals surface area (Å²) < 4.78 is 0.775. The van der Waals surface area contributed by atoms with Crippen LogP contribution in [0, 0.1) is 11.8 Å². The molecule has 1 heterocycles. The number of thiophene rings is 1. The highest BCUT2D eigenvalue weighted by Gasteiger charge is 1.94. The number of halogens is 1. The van der Waals surface area contributed by atoms with Gasteiger partial charge < -0.3 is 0 Å². The van der Waals surface area contributed by atoms with E-state index in [4.69, 9.17) is 11.6 Å². The van der Waals surface area contributed by atoms with Crippen LogP contribution in [-0.4, -0.2) is 5.75 Å². The van der Waals surface area contributed by atoms with Crippen LogP contribution in [0.4, 0.5) is 0 Å². The maximum absolute atomic E-state index is 5.82. The van der Waals surface area contributed by atoms with Crippen LogP contribution in [0.2, 0.25) is 4.34 Å². The molecule has 0 aliphatic heterocycles. The van der Waals surface area contributed by atoms with Gasteiger partial charge in [-0.15, -0.1) is 11.3 Å². The van der Waals surface area contributed by atoms with Crippen LogP contribution in [0.25, 0.3) is 0 Å². The summed E-state index contributed by atoms with van der Waals surface area (Å²) in [5.41, 5.74) is 0.929. The van der Waals surface area contributed by atoms with Crippen molar-refractivity contribution in [3.63, 3.8) is 0 Å². The largest absolute Gasteiger partial charge is 0.178 e. The summed E-state index contributed by atoms with van der Waals surface area (Å²) in [4.78, 5) is 0. The second-order valence-electron chi connectivity index (χ2n) is 1.88. The third-order valence-corrected chi connectivity index (χ3v) is 2.47. The van der Waals surface area contributed by atoms with Gasteiger partial charge in [0, 0.05) is 12.2 Å². The Morgan fingerprint density at radius 1 is 1.64 bits per heavy atom. The fourth-order valence-corrected chi connectivity index (χ4v) is 1.54.